The summed E-state index contributed by atoms with van der Waals surface area (Å²) in [7, 11) is 0. The molecule has 6 heteroatoms. The summed E-state index contributed by atoms with van der Waals surface area (Å²) in [4.78, 5) is 21.6. The van der Waals surface area contributed by atoms with Gasteiger partial charge in [0, 0.05) is 44.0 Å². The van der Waals surface area contributed by atoms with E-state index in [-0.39, 0.29) is 5.91 Å². The number of likely N-dealkylation sites (tertiary alicyclic amines) is 1. The van der Waals surface area contributed by atoms with E-state index in [1.165, 1.54) is 0 Å². The van der Waals surface area contributed by atoms with Crippen LogP contribution in [0.15, 0.2) is 5.38 Å². The van der Waals surface area contributed by atoms with E-state index >= 15 is 0 Å². The fraction of sp³-hybridized carbons (Fsp3) is 0.765. The third-order valence-corrected chi connectivity index (χ3v) is 5.85. The van der Waals surface area contributed by atoms with Crippen molar-refractivity contribution >= 4 is 17.2 Å². The van der Waals surface area contributed by atoms with Crippen LogP contribution in [0.4, 0.5) is 0 Å². The van der Waals surface area contributed by atoms with Crippen LogP contribution in [-0.4, -0.2) is 66.6 Å². The first-order chi connectivity index (χ1) is 11.1. The third-order valence-electron chi connectivity index (χ3n) is 4.65. The second-order valence-electron chi connectivity index (χ2n) is 6.92. The highest BCUT2D eigenvalue weighted by Gasteiger charge is 2.28. The van der Waals surface area contributed by atoms with Crippen molar-refractivity contribution in [1.82, 2.24) is 14.8 Å². The van der Waals surface area contributed by atoms with Crippen molar-refractivity contribution in [2.45, 2.75) is 32.6 Å². The lowest BCUT2D eigenvalue weighted by Gasteiger charge is -2.29. The predicted molar refractivity (Wildman–Crippen MR) is 91.9 cm³/mol. The van der Waals surface area contributed by atoms with Gasteiger partial charge >= 0.3 is 0 Å². The van der Waals surface area contributed by atoms with Crippen molar-refractivity contribution in [3.63, 3.8) is 0 Å². The Morgan fingerprint density at radius 3 is 2.87 bits per heavy atom. The Hall–Kier alpha value is -0.980. The molecule has 1 unspecified atom stereocenters. The lowest BCUT2D eigenvalue weighted by molar-refractivity contribution is -0.129. The fourth-order valence-electron chi connectivity index (χ4n) is 3.29. The van der Waals surface area contributed by atoms with Crippen LogP contribution in [0.5, 0.6) is 0 Å². The summed E-state index contributed by atoms with van der Waals surface area (Å²) in [5, 5.41) is 3.16. The molecule has 23 heavy (non-hydrogen) atoms. The van der Waals surface area contributed by atoms with Crippen LogP contribution in [0.1, 0.15) is 36.9 Å². The summed E-state index contributed by atoms with van der Waals surface area (Å²) in [5.74, 6) is 1.28. The topological polar surface area (TPSA) is 45.7 Å². The molecule has 0 radical (unpaired) electrons. The van der Waals surface area contributed by atoms with Gasteiger partial charge in [0.2, 0.25) is 5.91 Å². The highest BCUT2D eigenvalue weighted by molar-refractivity contribution is 7.09. The van der Waals surface area contributed by atoms with Crippen molar-refractivity contribution in [2.24, 2.45) is 5.92 Å². The molecule has 1 atom stereocenters. The number of nitrogens with zero attached hydrogens (tertiary/aromatic N) is 3. The fourth-order valence-corrected chi connectivity index (χ4v) is 4.13. The van der Waals surface area contributed by atoms with Crippen LogP contribution in [0.25, 0.3) is 0 Å². The zero-order valence-corrected chi connectivity index (χ0v) is 15.0. The molecule has 0 bridgehead atoms. The smallest absolute Gasteiger partial charge is 0.228 e. The summed E-state index contributed by atoms with van der Waals surface area (Å²) >= 11 is 1.67. The number of morpholine rings is 1. The quantitative estimate of drug-likeness (QED) is 0.824. The van der Waals surface area contributed by atoms with Crippen molar-refractivity contribution in [3.8, 4) is 0 Å². The number of carbonyl (C=O) groups is 1. The van der Waals surface area contributed by atoms with Crippen molar-refractivity contribution in [3.05, 3.63) is 16.1 Å². The highest BCUT2D eigenvalue weighted by atomic mass is 32.1. The predicted octanol–water partition coefficient (Wildman–Crippen LogP) is 1.99. The van der Waals surface area contributed by atoms with Crippen LogP contribution in [-0.2, 0) is 16.0 Å². The highest BCUT2D eigenvalue weighted by Crippen LogP contribution is 2.22. The SMILES string of the molecule is CC(C)c1nc(CC(=O)N2CCC(CN3CCOCC3)C2)cs1. The van der Waals surface area contributed by atoms with Gasteiger partial charge in [-0.15, -0.1) is 11.3 Å². The molecule has 2 aliphatic rings. The van der Waals surface area contributed by atoms with E-state index in [0.717, 1.165) is 63.1 Å². The van der Waals surface area contributed by atoms with E-state index in [2.05, 4.69) is 23.7 Å². The molecule has 1 aromatic rings. The average Bonchev–Trinajstić information content (AvgIpc) is 3.18. The lowest BCUT2D eigenvalue weighted by Crippen LogP contribution is -2.40. The van der Waals surface area contributed by atoms with Crippen LogP contribution in [0.3, 0.4) is 0 Å². The summed E-state index contributed by atoms with van der Waals surface area (Å²) in [6, 6.07) is 0. The summed E-state index contributed by atoms with van der Waals surface area (Å²) < 4.78 is 5.40. The zero-order valence-electron chi connectivity index (χ0n) is 14.2. The van der Waals surface area contributed by atoms with Gasteiger partial charge in [-0.25, -0.2) is 4.98 Å². The number of aromatic nitrogens is 1. The third kappa shape index (κ3) is 4.52. The van der Waals surface area contributed by atoms with E-state index in [9.17, 15) is 4.79 Å². The number of thiazole rings is 1. The van der Waals surface area contributed by atoms with Crippen LogP contribution < -0.4 is 0 Å². The summed E-state index contributed by atoms with van der Waals surface area (Å²) in [6.07, 6.45) is 1.57. The zero-order chi connectivity index (χ0) is 16.2. The molecule has 5 nitrogen and oxygen atoms in total. The molecule has 1 amide bonds. The largest absolute Gasteiger partial charge is 0.379 e. The molecular formula is C17H27N3O2S. The van der Waals surface area contributed by atoms with Gasteiger partial charge in [0.15, 0.2) is 0 Å². The maximum Gasteiger partial charge on any atom is 0.228 e. The normalized spacial score (nSPS) is 22.9. The summed E-state index contributed by atoms with van der Waals surface area (Å²) in [5.41, 5.74) is 0.931. The number of rotatable bonds is 5. The van der Waals surface area contributed by atoms with E-state index in [1.807, 2.05) is 10.3 Å². The minimum absolute atomic E-state index is 0.232. The van der Waals surface area contributed by atoms with Gasteiger partial charge in [-0.2, -0.15) is 0 Å². The molecule has 3 heterocycles. The van der Waals surface area contributed by atoms with Crippen molar-refractivity contribution < 1.29 is 9.53 Å². The van der Waals surface area contributed by atoms with Gasteiger partial charge in [-0.3, -0.25) is 9.69 Å². The first-order valence-corrected chi connectivity index (χ1v) is 9.52. The molecule has 2 fully saturated rings. The maximum absolute atomic E-state index is 12.5. The van der Waals surface area contributed by atoms with Crippen LogP contribution in [0, 0.1) is 5.92 Å². The maximum atomic E-state index is 12.5. The molecule has 0 saturated carbocycles. The molecular weight excluding hydrogens is 310 g/mol. The molecule has 2 saturated heterocycles. The Bertz CT molecular complexity index is 526. The van der Waals surface area contributed by atoms with Crippen molar-refractivity contribution in [1.29, 1.82) is 0 Å². The molecule has 0 spiro atoms. The number of ether oxygens (including phenoxy) is 1. The van der Waals surface area contributed by atoms with E-state index in [0.29, 0.717) is 18.3 Å². The standard InChI is InChI=1S/C17H27N3O2S/c1-13(2)17-18-15(12-23-17)9-16(21)20-4-3-14(11-20)10-19-5-7-22-8-6-19/h12-14H,3-11H2,1-2H3. The van der Waals surface area contributed by atoms with Crippen LogP contribution in [0.2, 0.25) is 0 Å². The monoisotopic (exact) mass is 337 g/mol. The van der Waals surface area contributed by atoms with Gasteiger partial charge in [-0.05, 0) is 12.3 Å². The van der Waals surface area contributed by atoms with E-state index in [4.69, 9.17) is 4.74 Å². The minimum atomic E-state index is 0.232. The molecule has 3 rings (SSSR count). The molecule has 0 N–H and O–H groups in total. The Morgan fingerprint density at radius 1 is 1.39 bits per heavy atom. The first kappa shape index (κ1) is 16.9. The second-order valence-corrected chi connectivity index (χ2v) is 7.81. The molecule has 0 aliphatic carbocycles. The van der Waals surface area contributed by atoms with E-state index < -0.39 is 0 Å². The van der Waals surface area contributed by atoms with Gasteiger partial charge in [-0.1, -0.05) is 13.8 Å². The van der Waals surface area contributed by atoms with Gasteiger partial charge in [0.05, 0.1) is 30.3 Å². The number of amides is 1. The second kappa shape index (κ2) is 7.73. The number of hydrogen-bond donors (Lipinski definition) is 0. The van der Waals surface area contributed by atoms with E-state index in [1.54, 1.807) is 11.3 Å². The average molecular weight is 337 g/mol. The first-order valence-electron chi connectivity index (χ1n) is 8.64. The Morgan fingerprint density at radius 2 is 2.17 bits per heavy atom. The van der Waals surface area contributed by atoms with Gasteiger partial charge in [0.1, 0.15) is 0 Å². The van der Waals surface area contributed by atoms with Crippen LogP contribution >= 0.6 is 11.3 Å². The van der Waals surface area contributed by atoms with Gasteiger partial charge in [0.25, 0.3) is 0 Å². The summed E-state index contributed by atoms with van der Waals surface area (Å²) in [6.45, 7) is 10.9. The lowest BCUT2D eigenvalue weighted by atomic mass is 10.1. The molecule has 0 aromatic carbocycles. The Labute approximate surface area is 142 Å². The number of hydrogen-bond acceptors (Lipinski definition) is 5. The number of carbonyl (C=O) groups excluding carboxylic acids is 1. The molecule has 2 aliphatic heterocycles. The Kier molecular flexibility index (Phi) is 5.67. The minimum Gasteiger partial charge on any atom is -0.379 e. The van der Waals surface area contributed by atoms with Crippen molar-refractivity contribution in [2.75, 3.05) is 45.9 Å². The molecule has 128 valence electrons. The van der Waals surface area contributed by atoms with Gasteiger partial charge < -0.3 is 9.64 Å². The molecule has 1 aromatic heterocycles. The Balaban J connectivity index is 1.46.